The molecule has 0 aromatic carbocycles. The molecule has 0 aliphatic rings. The van der Waals surface area contributed by atoms with Gasteiger partial charge < -0.3 is 0 Å². The number of nitrogens with zero attached hydrogens (tertiary/aromatic N) is 5. The standard InChI is InChI=1S/C11H10N6O2S/c1-16-9(15-13-6-7-4-3-5-20-7)8(14-12)10(18)17(2)11(16)19/h3-6H,1-2H3/p+1/b13-6+. The fourth-order valence-electron chi connectivity index (χ4n) is 1.57. The normalized spacial score (nSPS) is 10.7. The molecule has 0 spiro atoms. The maximum absolute atomic E-state index is 11.8. The molecule has 2 aromatic heterocycles. The molecule has 0 fully saturated rings. The highest BCUT2D eigenvalue weighted by atomic mass is 32.1. The van der Waals surface area contributed by atoms with Crippen molar-refractivity contribution in [2.75, 3.05) is 5.43 Å². The minimum atomic E-state index is -0.704. The smallest absolute Gasteiger partial charge is 0.275 e. The van der Waals surface area contributed by atoms with Crippen molar-refractivity contribution in [2.45, 2.75) is 0 Å². The number of aromatic nitrogens is 2. The first-order valence-corrected chi connectivity index (χ1v) is 6.42. The van der Waals surface area contributed by atoms with E-state index in [-0.39, 0.29) is 11.5 Å². The zero-order valence-electron chi connectivity index (χ0n) is 10.8. The van der Waals surface area contributed by atoms with Crippen LogP contribution in [0.2, 0.25) is 0 Å². The predicted octanol–water partition coefficient (Wildman–Crippen LogP) is 1.08. The SMILES string of the molecule is Cn1c(N/N=C/c2cccs2)c([N+]#N)c(=O)n(C)c1=O. The summed E-state index contributed by atoms with van der Waals surface area (Å²) in [7, 11) is 2.75. The largest absolute Gasteiger partial charge is 0.491 e. The van der Waals surface area contributed by atoms with E-state index in [1.165, 1.54) is 31.6 Å². The summed E-state index contributed by atoms with van der Waals surface area (Å²) in [5, 5.41) is 14.7. The van der Waals surface area contributed by atoms with Gasteiger partial charge in [0.15, 0.2) is 4.98 Å². The summed E-state index contributed by atoms with van der Waals surface area (Å²) in [4.78, 5) is 27.4. The van der Waals surface area contributed by atoms with Crippen molar-refractivity contribution in [1.29, 1.82) is 5.39 Å². The highest BCUT2D eigenvalue weighted by molar-refractivity contribution is 7.11. The quantitative estimate of drug-likeness (QED) is 0.520. The van der Waals surface area contributed by atoms with Crippen molar-refractivity contribution in [3.8, 4) is 0 Å². The van der Waals surface area contributed by atoms with E-state index in [0.29, 0.717) is 0 Å². The van der Waals surface area contributed by atoms with Crippen molar-refractivity contribution in [2.24, 2.45) is 19.2 Å². The summed E-state index contributed by atoms with van der Waals surface area (Å²) >= 11 is 1.48. The van der Waals surface area contributed by atoms with Gasteiger partial charge in [-0.3, -0.25) is 19.4 Å². The van der Waals surface area contributed by atoms with E-state index >= 15 is 0 Å². The lowest BCUT2D eigenvalue weighted by Gasteiger charge is -2.05. The second-order valence-corrected chi connectivity index (χ2v) is 4.87. The molecule has 0 radical (unpaired) electrons. The Morgan fingerprint density at radius 1 is 1.40 bits per heavy atom. The van der Waals surface area contributed by atoms with Crippen LogP contribution in [0, 0.1) is 5.39 Å². The van der Waals surface area contributed by atoms with Crippen LogP contribution in [0.5, 0.6) is 0 Å². The fourth-order valence-corrected chi connectivity index (χ4v) is 2.15. The van der Waals surface area contributed by atoms with Crippen molar-refractivity contribution >= 4 is 29.1 Å². The van der Waals surface area contributed by atoms with Crippen LogP contribution in [0.1, 0.15) is 4.88 Å². The van der Waals surface area contributed by atoms with Gasteiger partial charge in [0, 0.05) is 19.0 Å². The molecule has 0 unspecified atom stereocenters. The number of diazo groups is 1. The van der Waals surface area contributed by atoms with Gasteiger partial charge in [0.25, 0.3) is 0 Å². The zero-order valence-corrected chi connectivity index (χ0v) is 11.6. The summed E-state index contributed by atoms with van der Waals surface area (Å²) in [6.45, 7) is 0. The fraction of sp³-hybridized carbons (Fsp3) is 0.182. The van der Waals surface area contributed by atoms with Crippen molar-refractivity contribution in [1.82, 2.24) is 9.13 Å². The van der Waals surface area contributed by atoms with Gasteiger partial charge in [-0.05, 0) is 11.4 Å². The van der Waals surface area contributed by atoms with Crippen LogP contribution >= 0.6 is 11.3 Å². The van der Waals surface area contributed by atoms with Gasteiger partial charge in [0.1, 0.15) is 0 Å². The number of hydrogen-bond donors (Lipinski definition) is 1. The van der Waals surface area contributed by atoms with Gasteiger partial charge in [0.2, 0.25) is 11.2 Å². The van der Waals surface area contributed by atoms with Crippen LogP contribution in [0.15, 0.2) is 32.2 Å². The minimum Gasteiger partial charge on any atom is -0.275 e. The third kappa shape index (κ3) is 2.36. The number of rotatable bonds is 3. The van der Waals surface area contributed by atoms with E-state index in [1.54, 1.807) is 0 Å². The van der Waals surface area contributed by atoms with Gasteiger partial charge in [-0.2, -0.15) is 5.10 Å². The molecule has 1 N–H and O–H groups in total. The molecule has 2 rings (SSSR count). The first-order chi connectivity index (χ1) is 9.56. The Hall–Kier alpha value is -2.73. The number of anilines is 1. The summed E-state index contributed by atoms with van der Waals surface area (Å²) in [5.74, 6) is 0.0217. The molecule has 0 amide bonds. The third-order valence-corrected chi connectivity index (χ3v) is 3.45. The molecule has 8 nitrogen and oxygen atoms in total. The maximum Gasteiger partial charge on any atom is 0.491 e. The molecule has 0 saturated heterocycles. The molecule has 9 heteroatoms. The molecule has 0 aliphatic heterocycles. The second kappa shape index (κ2) is 5.50. The average molecular weight is 291 g/mol. The molecule has 2 aromatic rings. The Morgan fingerprint density at radius 3 is 2.75 bits per heavy atom. The van der Waals surface area contributed by atoms with E-state index in [9.17, 15) is 9.59 Å². The summed E-state index contributed by atoms with van der Waals surface area (Å²) in [6.07, 6.45) is 1.54. The van der Waals surface area contributed by atoms with E-state index in [2.05, 4.69) is 15.5 Å². The number of nitrogens with one attached hydrogen (secondary N) is 1. The Morgan fingerprint density at radius 2 is 2.15 bits per heavy atom. The van der Waals surface area contributed by atoms with Gasteiger partial charge in [0.05, 0.1) is 6.21 Å². The molecular weight excluding hydrogens is 280 g/mol. The Kier molecular flexibility index (Phi) is 3.76. The molecule has 0 atom stereocenters. The Balaban J connectivity index is 2.45. The van der Waals surface area contributed by atoms with E-state index in [0.717, 1.165) is 14.0 Å². The molecular formula is C11H11N6O2S+. The third-order valence-electron chi connectivity index (χ3n) is 2.65. The predicted molar refractivity (Wildman–Crippen MR) is 77.2 cm³/mol. The number of hydrazone groups is 1. The van der Waals surface area contributed by atoms with Crippen LogP contribution in [-0.2, 0) is 14.1 Å². The molecule has 20 heavy (non-hydrogen) atoms. The highest BCUT2D eigenvalue weighted by Gasteiger charge is 2.26. The Bertz CT molecular complexity index is 809. The lowest BCUT2D eigenvalue weighted by molar-refractivity contribution is 0.694. The van der Waals surface area contributed by atoms with Crippen LogP contribution in [-0.4, -0.2) is 15.3 Å². The van der Waals surface area contributed by atoms with E-state index in [1.807, 2.05) is 17.5 Å². The zero-order chi connectivity index (χ0) is 14.7. The van der Waals surface area contributed by atoms with Crippen LogP contribution in [0.3, 0.4) is 0 Å². The molecule has 0 aliphatic carbocycles. The summed E-state index contributed by atoms with van der Waals surface area (Å²) in [6, 6.07) is 3.73. The van der Waals surface area contributed by atoms with Crippen LogP contribution < -0.4 is 16.7 Å². The number of hydrogen-bond acceptors (Lipinski definition) is 6. The topological polar surface area (TPSA) is 96.5 Å². The average Bonchev–Trinajstić information content (AvgIpc) is 2.95. The van der Waals surface area contributed by atoms with E-state index < -0.39 is 11.2 Å². The number of thiophene rings is 1. The second-order valence-electron chi connectivity index (χ2n) is 3.89. The van der Waals surface area contributed by atoms with Gasteiger partial charge in [-0.15, -0.1) is 11.3 Å². The van der Waals surface area contributed by atoms with Crippen molar-refractivity contribution in [3.05, 3.63) is 48.2 Å². The highest BCUT2D eigenvalue weighted by Crippen LogP contribution is 2.17. The first-order valence-electron chi connectivity index (χ1n) is 5.54. The van der Waals surface area contributed by atoms with Crippen molar-refractivity contribution < 1.29 is 0 Å². The summed E-state index contributed by atoms with van der Waals surface area (Å²) < 4.78 is 1.99. The van der Waals surface area contributed by atoms with Gasteiger partial charge in [-0.1, -0.05) is 6.07 Å². The minimum absolute atomic E-state index is 0.0217. The lowest BCUT2D eigenvalue weighted by Crippen LogP contribution is -2.37. The monoisotopic (exact) mass is 291 g/mol. The molecule has 102 valence electrons. The molecule has 0 saturated carbocycles. The Labute approximate surface area is 117 Å². The molecule has 0 bridgehead atoms. The van der Waals surface area contributed by atoms with Crippen LogP contribution in [0.25, 0.3) is 4.98 Å². The molecule has 2 heterocycles. The summed E-state index contributed by atoms with van der Waals surface area (Å²) in [5.41, 5.74) is 1.02. The van der Waals surface area contributed by atoms with Gasteiger partial charge >= 0.3 is 16.9 Å². The van der Waals surface area contributed by atoms with Crippen molar-refractivity contribution in [3.63, 3.8) is 0 Å². The van der Waals surface area contributed by atoms with Crippen LogP contribution in [0.4, 0.5) is 11.5 Å². The first kappa shape index (κ1) is 13.7. The van der Waals surface area contributed by atoms with E-state index in [4.69, 9.17) is 5.39 Å². The lowest BCUT2D eigenvalue weighted by atomic mass is 10.4. The maximum atomic E-state index is 11.8. The van der Waals surface area contributed by atoms with Gasteiger partial charge in [-0.25, -0.2) is 4.79 Å².